The number of likely N-dealkylation sites (tertiary alicyclic amines) is 1. The fourth-order valence-corrected chi connectivity index (χ4v) is 3.46. The van der Waals surface area contributed by atoms with Crippen molar-refractivity contribution in [3.05, 3.63) is 18.0 Å². The third kappa shape index (κ3) is 4.83. The molecule has 3 rings (SSSR count). The topological polar surface area (TPSA) is 58.1 Å². The Labute approximate surface area is 142 Å². The van der Waals surface area contributed by atoms with Crippen molar-refractivity contribution in [3.8, 4) is 0 Å². The van der Waals surface area contributed by atoms with Crippen LogP contribution in [0.15, 0.2) is 17.4 Å². The molecule has 1 aliphatic carbocycles. The summed E-state index contributed by atoms with van der Waals surface area (Å²) >= 11 is 0.918. The van der Waals surface area contributed by atoms with Gasteiger partial charge in [0.25, 0.3) is 0 Å². The molecule has 1 aliphatic heterocycles. The van der Waals surface area contributed by atoms with Crippen LogP contribution < -0.4 is 5.32 Å². The summed E-state index contributed by atoms with van der Waals surface area (Å²) in [6, 6.07) is 1.71. The molecule has 5 nitrogen and oxygen atoms in total. The number of carbonyl (C=O) groups is 1. The highest BCUT2D eigenvalue weighted by atomic mass is 32.2. The normalized spacial score (nSPS) is 20.1. The second-order valence-electron chi connectivity index (χ2n) is 6.12. The summed E-state index contributed by atoms with van der Waals surface area (Å²) in [5.74, 6) is -0.171. The largest absolute Gasteiger partial charge is 0.433 e. The van der Waals surface area contributed by atoms with E-state index in [9.17, 15) is 18.0 Å². The molecule has 1 aromatic heterocycles. The molecule has 1 amide bonds. The number of thioether (sulfide) groups is 1. The Morgan fingerprint density at radius 1 is 1.29 bits per heavy atom. The van der Waals surface area contributed by atoms with Crippen molar-refractivity contribution >= 4 is 17.7 Å². The first-order valence-corrected chi connectivity index (χ1v) is 8.97. The van der Waals surface area contributed by atoms with Crippen LogP contribution in [0.25, 0.3) is 0 Å². The number of hydrogen-bond acceptors (Lipinski definition) is 5. The first-order chi connectivity index (χ1) is 11.4. The fourth-order valence-electron chi connectivity index (χ4n) is 2.82. The lowest BCUT2D eigenvalue weighted by Gasteiger charge is -2.32. The fraction of sp³-hybridized carbons (Fsp3) is 0.667. The number of piperidine rings is 1. The molecule has 0 spiro atoms. The van der Waals surface area contributed by atoms with E-state index in [0.29, 0.717) is 0 Å². The van der Waals surface area contributed by atoms with E-state index in [-0.39, 0.29) is 22.9 Å². The van der Waals surface area contributed by atoms with Crippen molar-refractivity contribution in [2.75, 3.05) is 18.8 Å². The molecule has 2 heterocycles. The van der Waals surface area contributed by atoms with E-state index in [1.54, 1.807) is 0 Å². The average Bonchev–Trinajstić information content (AvgIpc) is 3.38. The molecule has 2 fully saturated rings. The summed E-state index contributed by atoms with van der Waals surface area (Å²) in [4.78, 5) is 21.6. The first-order valence-electron chi connectivity index (χ1n) is 7.98. The quantitative estimate of drug-likeness (QED) is 0.645. The second-order valence-corrected chi connectivity index (χ2v) is 7.06. The standard InChI is InChI=1S/C15H19F3N4OS/c16-15(17,18)12-3-6-19-14(21-12)24-9-13(23)20-10-4-7-22(8-5-10)11-1-2-11/h3,6,10-11H,1-2,4-5,7-9H2,(H,20,23). The van der Waals surface area contributed by atoms with Crippen molar-refractivity contribution in [1.29, 1.82) is 0 Å². The van der Waals surface area contributed by atoms with Crippen LogP contribution in [0, 0.1) is 0 Å². The lowest BCUT2D eigenvalue weighted by molar-refractivity contribution is -0.141. The van der Waals surface area contributed by atoms with Gasteiger partial charge in [0.05, 0.1) is 5.75 Å². The number of nitrogens with one attached hydrogen (secondary N) is 1. The number of aromatic nitrogens is 2. The van der Waals surface area contributed by atoms with Crippen molar-refractivity contribution in [2.45, 2.75) is 49.1 Å². The molecule has 1 saturated carbocycles. The van der Waals surface area contributed by atoms with Gasteiger partial charge in [0.15, 0.2) is 5.16 Å². The average molecular weight is 360 g/mol. The summed E-state index contributed by atoms with van der Waals surface area (Å²) in [7, 11) is 0. The zero-order chi connectivity index (χ0) is 17.2. The molecule has 9 heteroatoms. The molecule has 2 aliphatic rings. The minimum absolute atomic E-state index is 0.0180. The van der Waals surface area contributed by atoms with Crippen molar-refractivity contribution in [2.24, 2.45) is 0 Å². The summed E-state index contributed by atoms with van der Waals surface area (Å²) in [6.07, 6.45) is 0.967. The van der Waals surface area contributed by atoms with E-state index in [1.807, 2.05) is 0 Å². The van der Waals surface area contributed by atoms with Crippen LogP contribution in [0.4, 0.5) is 13.2 Å². The summed E-state index contributed by atoms with van der Waals surface area (Å²) in [5, 5.41) is 2.91. The predicted octanol–water partition coefficient (Wildman–Crippen LogP) is 2.33. The molecule has 0 bridgehead atoms. The van der Waals surface area contributed by atoms with Crippen molar-refractivity contribution < 1.29 is 18.0 Å². The molecule has 0 atom stereocenters. The lowest BCUT2D eigenvalue weighted by Crippen LogP contribution is -2.45. The number of alkyl halides is 3. The molecular weight excluding hydrogens is 341 g/mol. The van der Waals surface area contributed by atoms with Crippen LogP contribution in [-0.4, -0.2) is 51.7 Å². The van der Waals surface area contributed by atoms with E-state index in [2.05, 4.69) is 20.2 Å². The highest BCUT2D eigenvalue weighted by Gasteiger charge is 2.33. The van der Waals surface area contributed by atoms with Gasteiger partial charge < -0.3 is 10.2 Å². The van der Waals surface area contributed by atoms with Crippen LogP contribution in [0.3, 0.4) is 0 Å². The molecule has 1 aromatic rings. The minimum Gasteiger partial charge on any atom is -0.353 e. The Morgan fingerprint density at radius 2 is 2.00 bits per heavy atom. The number of hydrogen-bond donors (Lipinski definition) is 1. The third-order valence-electron chi connectivity index (χ3n) is 4.21. The van der Waals surface area contributed by atoms with E-state index in [4.69, 9.17) is 0 Å². The van der Waals surface area contributed by atoms with Gasteiger partial charge >= 0.3 is 6.18 Å². The van der Waals surface area contributed by atoms with Crippen LogP contribution in [0.2, 0.25) is 0 Å². The molecular formula is C15H19F3N4OS. The monoisotopic (exact) mass is 360 g/mol. The van der Waals surface area contributed by atoms with Gasteiger partial charge in [0.2, 0.25) is 5.91 Å². The second kappa shape index (κ2) is 7.26. The maximum Gasteiger partial charge on any atom is 0.433 e. The van der Waals surface area contributed by atoms with Crippen LogP contribution in [-0.2, 0) is 11.0 Å². The zero-order valence-electron chi connectivity index (χ0n) is 13.1. The van der Waals surface area contributed by atoms with Crippen LogP contribution in [0.5, 0.6) is 0 Å². The SMILES string of the molecule is O=C(CSc1nccc(C(F)(F)F)n1)NC1CCN(C2CC2)CC1. The molecule has 132 valence electrons. The summed E-state index contributed by atoms with van der Waals surface area (Å²) < 4.78 is 37.8. The van der Waals surface area contributed by atoms with Gasteiger partial charge in [-0.2, -0.15) is 13.2 Å². The van der Waals surface area contributed by atoms with E-state index < -0.39 is 11.9 Å². The Bertz CT molecular complexity index is 586. The van der Waals surface area contributed by atoms with Gasteiger partial charge in [-0.1, -0.05) is 11.8 Å². The van der Waals surface area contributed by atoms with Gasteiger partial charge in [-0.15, -0.1) is 0 Å². The minimum atomic E-state index is -4.50. The van der Waals surface area contributed by atoms with Crippen molar-refractivity contribution in [1.82, 2.24) is 20.2 Å². The number of amides is 1. The van der Waals surface area contributed by atoms with E-state index in [0.717, 1.165) is 56.0 Å². The molecule has 0 radical (unpaired) electrons. The number of rotatable bonds is 5. The first kappa shape index (κ1) is 17.5. The molecule has 0 unspecified atom stereocenters. The number of halogens is 3. The maximum absolute atomic E-state index is 12.6. The van der Waals surface area contributed by atoms with Crippen molar-refractivity contribution in [3.63, 3.8) is 0 Å². The van der Waals surface area contributed by atoms with Gasteiger partial charge in [0, 0.05) is 31.4 Å². The zero-order valence-corrected chi connectivity index (χ0v) is 13.9. The van der Waals surface area contributed by atoms with Gasteiger partial charge in [-0.25, -0.2) is 9.97 Å². The Balaban J connectivity index is 1.42. The van der Waals surface area contributed by atoms with Crippen LogP contribution >= 0.6 is 11.8 Å². The molecule has 0 aromatic carbocycles. The highest BCUT2D eigenvalue weighted by Crippen LogP contribution is 2.30. The van der Waals surface area contributed by atoms with E-state index in [1.165, 1.54) is 12.8 Å². The highest BCUT2D eigenvalue weighted by molar-refractivity contribution is 7.99. The number of carbonyl (C=O) groups excluding carboxylic acids is 1. The van der Waals surface area contributed by atoms with Gasteiger partial charge in [0.1, 0.15) is 5.69 Å². The Kier molecular flexibility index (Phi) is 5.29. The van der Waals surface area contributed by atoms with Crippen LogP contribution in [0.1, 0.15) is 31.4 Å². The predicted molar refractivity (Wildman–Crippen MR) is 83.5 cm³/mol. The lowest BCUT2D eigenvalue weighted by atomic mass is 10.1. The maximum atomic E-state index is 12.6. The van der Waals surface area contributed by atoms with E-state index >= 15 is 0 Å². The molecule has 1 N–H and O–H groups in total. The molecule has 24 heavy (non-hydrogen) atoms. The number of nitrogens with zero attached hydrogens (tertiary/aromatic N) is 3. The Morgan fingerprint density at radius 3 is 2.62 bits per heavy atom. The Hall–Kier alpha value is -1.35. The summed E-state index contributed by atoms with van der Waals surface area (Å²) in [6.45, 7) is 2.00. The molecule has 1 saturated heterocycles. The smallest absolute Gasteiger partial charge is 0.353 e. The van der Waals surface area contributed by atoms with Gasteiger partial charge in [-0.05, 0) is 31.7 Å². The summed E-state index contributed by atoms with van der Waals surface area (Å²) in [5.41, 5.74) is -0.993. The third-order valence-corrected chi connectivity index (χ3v) is 5.08. The van der Waals surface area contributed by atoms with Gasteiger partial charge in [-0.3, -0.25) is 4.79 Å².